The average Bonchev–Trinajstić information content (AvgIpc) is 3.26. The van der Waals surface area contributed by atoms with Crippen LogP contribution in [0.2, 0.25) is 0 Å². The third-order valence-electron chi connectivity index (χ3n) is 4.39. The maximum absolute atomic E-state index is 12.3. The summed E-state index contributed by atoms with van der Waals surface area (Å²) < 4.78 is 6.48. The molecule has 2 heterocycles. The van der Waals surface area contributed by atoms with E-state index in [0.29, 0.717) is 17.7 Å². The zero-order valence-electron chi connectivity index (χ0n) is 16.0. The summed E-state index contributed by atoms with van der Waals surface area (Å²) in [6, 6.07) is 15.4. The molecule has 0 saturated heterocycles. The quantitative estimate of drug-likeness (QED) is 0.494. The molecule has 2 aromatic carbocycles. The number of aromatic hydroxyl groups is 1. The van der Waals surface area contributed by atoms with E-state index in [-0.39, 0.29) is 17.3 Å². The summed E-state index contributed by atoms with van der Waals surface area (Å²) in [7, 11) is 0. The Kier molecular flexibility index (Phi) is 5.32. The summed E-state index contributed by atoms with van der Waals surface area (Å²) in [6.45, 7) is 0. The van der Waals surface area contributed by atoms with E-state index in [1.807, 2.05) is 30.3 Å². The fourth-order valence-corrected chi connectivity index (χ4v) is 2.82. The van der Waals surface area contributed by atoms with E-state index in [9.17, 15) is 14.7 Å². The minimum absolute atomic E-state index is 0.0149. The molecular weight excluding hydrogens is 398 g/mol. The Labute approximate surface area is 176 Å². The van der Waals surface area contributed by atoms with Crippen LogP contribution in [-0.4, -0.2) is 30.7 Å². The van der Waals surface area contributed by atoms with E-state index in [2.05, 4.69) is 21.8 Å². The molecule has 152 valence electrons. The molecule has 8 heteroatoms. The zero-order chi connectivity index (χ0) is 21.8. The van der Waals surface area contributed by atoms with Gasteiger partial charge < -0.3 is 14.6 Å². The van der Waals surface area contributed by atoms with E-state index in [1.54, 1.807) is 12.1 Å². The minimum atomic E-state index is -1.04. The van der Waals surface area contributed by atoms with Crippen LogP contribution in [0.1, 0.15) is 21.6 Å². The lowest BCUT2D eigenvalue weighted by Gasteiger charge is -2.04. The highest BCUT2D eigenvalue weighted by atomic mass is 16.4. The number of benzene rings is 2. The minimum Gasteiger partial charge on any atom is -0.492 e. The third-order valence-corrected chi connectivity index (χ3v) is 4.39. The Hall–Kier alpha value is -4.64. The van der Waals surface area contributed by atoms with E-state index >= 15 is 0 Å². The van der Waals surface area contributed by atoms with Gasteiger partial charge in [0, 0.05) is 12.0 Å². The molecule has 0 amide bonds. The first kappa shape index (κ1) is 19.7. The molecule has 0 aliphatic rings. The average molecular weight is 413 g/mol. The number of carboxylic acid groups (broad SMARTS) is 1. The van der Waals surface area contributed by atoms with Gasteiger partial charge in [-0.2, -0.15) is 4.57 Å². The van der Waals surface area contributed by atoms with Crippen molar-refractivity contribution < 1.29 is 19.4 Å². The van der Waals surface area contributed by atoms with Gasteiger partial charge in [0.05, 0.1) is 18.0 Å². The summed E-state index contributed by atoms with van der Waals surface area (Å²) in [5, 5.41) is 19.5. The number of oxazole rings is 1. The third kappa shape index (κ3) is 4.21. The smallest absolute Gasteiger partial charge is 0.335 e. The molecule has 0 aliphatic heterocycles. The van der Waals surface area contributed by atoms with Crippen molar-refractivity contribution >= 4 is 5.97 Å². The lowest BCUT2D eigenvalue weighted by molar-refractivity contribution is 0.0697. The van der Waals surface area contributed by atoms with E-state index in [1.165, 1.54) is 18.3 Å². The molecule has 0 radical (unpaired) electrons. The van der Waals surface area contributed by atoms with Gasteiger partial charge in [-0.15, -0.1) is 0 Å². The Morgan fingerprint density at radius 1 is 1.03 bits per heavy atom. The van der Waals surface area contributed by atoms with Gasteiger partial charge in [-0.1, -0.05) is 48.4 Å². The van der Waals surface area contributed by atoms with Gasteiger partial charge in [-0.25, -0.2) is 14.8 Å². The normalized spacial score (nSPS) is 10.3. The second-order valence-electron chi connectivity index (χ2n) is 6.46. The van der Waals surface area contributed by atoms with Crippen LogP contribution in [0.3, 0.4) is 0 Å². The van der Waals surface area contributed by atoms with Crippen molar-refractivity contribution in [2.24, 2.45) is 0 Å². The lowest BCUT2D eigenvalue weighted by atomic mass is 10.1. The maximum atomic E-state index is 12.3. The highest BCUT2D eigenvalue weighted by Crippen LogP contribution is 2.24. The van der Waals surface area contributed by atoms with Crippen molar-refractivity contribution in [1.82, 2.24) is 14.5 Å². The summed E-state index contributed by atoms with van der Waals surface area (Å²) in [5.41, 5.74) is 1.08. The second-order valence-corrected chi connectivity index (χ2v) is 6.46. The van der Waals surface area contributed by atoms with Crippen LogP contribution in [-0.2, 0) is 6.42 Å². The first-order valence-electron chi connectivity index (χ1n) is 9.16. The lowest BCUT2D eigenvalue weighted by Crippen LogP contribution is -2.19. The molecule has 31 heavy (non-hydrogen) atoms. The highest BCUT2D eigenvalue weighted by Gasteiger charge is 2.16. The van der Waals surface area contributed by atoms with Crippen molar-refractivity contribution in [3.63, 3.8) is 0 Å². The molecule has 0 unspecified atom stereocenters. The van der Waals surface area contributed by atoms with E-state index in [0.717, 1.165) is 16.3 Å². The standard InChI is InChI=1S/C23H15N3O5/c27-20-14-24-18(8-4-7-15-5-2-1-3-6-15)21(28)26(20)23-25-13-19(31-23)16-9-11-17(12-10-16)22(29)30/h1-3,5-6,9-14,28H,7H2,(H,29,30). The number of hydrogen-bond donors (Lipinski definition) is 2. The van der Waals surface area contributed by atoms with Gasteiger partial charge >= 0.3 is 12.0 Å². The molecule has 4 rings (SSSR count). The topological polar surface area (TPSA) is 118 Å². The molecule has 0 bridgehead atoms. The van der Waals surface area contributed by atoms with E-state index < -0.39 is 17.4 Å². The van der Waals surface area contributed by atoms with Crippen LogP contribution in [0.4, 0.5) is 0 Å². The van der Waals surface area contributed by atoms with Gasteiger partial charge in [0.25, 0.3) is 5.56 Å². The van der Waals surface area contributed by atoms with Gasteiger partial charge in [-0.3, -0.25) is 4.79 Å². The van der Waals surface area contributed by atoms with Crippen LogP contribution >= 0.6 is 0 Å². The van der Waals surface area contributed by atoms with Crippen LogP contribution in [0.5, 0.6) is 5.88 Å². The molecule has 0 fully saturated rings. The van der Waals surface area contributed by atoms with Crippen molar-refractivity contribution in [2.75, 3.05) is 0 Å². The summed E-state index contributed by atoms with van der Waals surface area (Å²) in [4.78, 5) is 31.2. The Balaban J connectivity index is 1.64. The van der Waals surface area contributed by atoms with E-state index in [4.69, 9.17) is 9.52 Å². The predicted molar refractivity (Wildman–Crippen MR) is 111 cm³/mol. The van der Waals surface area contributed by atoms with Crippen LogP contribution < -0.4 is 5.56 Å². The number of hydrogen-bond acceptors (Lipinski definition) is 6. The molecule has 0 saturated carbocycles. The van der Waals surface area contributed by atoms with Crippen molar-refractivity contribution in [3.8, 4) is 35.1 Å². The molecule has 4 aromatic rings. The van der Waals surface area contributed by atoms with Gasteiger partial charge in [0.2, 0.25) is 5.88 Å². The first-order valence-corrected chi connectivity index (χ1v) is 9.16. The van der Waals surface area contributed by atoms with Crippen LogP contribution in [0.25, 0.3) is 17.3 Å². The summed E-state index contributed by atoms with van der Waals surface area (Å²) >= 11 is 0. The maximum Gasteiger partial charge on any atom is 0.335 e. The Bertz CT molecular complexity index is 1360. The molecule has 0 atom stereocenters. The van der Waals surface area contributed by atoms with Crippen molar-refractivity contribution in [3.05, 3.63) is 94.2 Å². The molecule has 0 spiro atoms. The molecule has 2 aromatic heterocycles. The Morgan fingerprint density at radius 2 is 1.77 bits per heavy atom. The number of nitrogens with zero attached hydrogens (tertiary/aromatic N) is 3. The monoisotopic (exact) mass is 413 g/mol. The number of carboxylic acids is 1. The fraction of sp³-hybridized carbons (Fsp3) is 0.0435. The molecule has 2 N–H and O–H groups in total. The highest BCUT2D eigenvalue weighted by molar-refractivity contribution is 5.88. The van der Waals surface area contributed by atoms with Gasteiger partial charge in [0.15, 0.2) is 11.5 Å². The number of carbonyl (C=O) groups is 1. The number of aromatic carboxylic acids is 1. The van der Waals surface area contributed by atoms with Gasteiger partial charge in [0.1, 0.15) is 0 Å². The predicted octanol–water partition coefficient (Wildman–Crippen LogP) is 2.89. The Morgan fingerprint density at radius 3 is 2.48 bits per heavy atom. The van der Waals surface area contributed by atoms with Gasteiger partial charge in [-0.05, 0) is 23.6 Å². The summed E-state index contributed by atoms with van der Waals surface area (Å²) in [6.07, 6.45) is 2.85. The SMILES string of the molecule is O=C(O)c1ccc(-c2cnc(-n3c(O)c(C#CCc4ccccc4)ncc3=O)o2)cc1. The summed E-state index contributed by atoms with van der Waals surface area (Å²) in [5.74, 6) is 4.45. The second kappa shape index (κ2) is 8.39. The zero-order valence-corrected chi connectivity index (χ0v) is 16.0. The fourth-order valence-electron chi connectivity index (χ4n) is 2.82. The van der Waals surface area contributed by atoms with Crippen molar-refractivity contribution in [1.29, 1.82) is 0 Å². The van der Waals surface area contributed by atoms with Crippen LogP contribution in [0.15, 0.2) is 76.2 Å². The largest absolute Gasteiger partial charge is 0.492 e. The number of rotatable bonds is 4. The number of aromatic nitrogens is 3. The van der Waals surface area contributed by atoms with Crippen LogP contribution in [0, 0.1) is 11.8 Å². The molecule has 8 nitrogen and oxygen atoms in total. The molecular formula is C23H15N3O5. The first-order chi connectivity index (χ1) is 15.0. The molecule has 0 aliphatic carbocycles. The van der Waals surface area contributed by atoms with Crippen molar-refractivity contribution in [2.45, 2.75) is 6.42 Å².